The van der Waals surface area contributed by atoms with E-state index < -0.39 is 0 Å². The molecule has 0 unspecified atom stereocenters. The first kappa shape index (κ1) is 18.7. The van der Waals surface area contributed by atoms with Gasteiger partial charge in [-0.2, -0.15) is 0 Å². The summed E-state index contributed by atoms with van der Waals surface area (Å²) in [5.74, 6) is 0. The highest BCUT2D eigenvalue weighted by molar-refractivity contribution is 5.89. The van der Waals surface area contributed by atoms with Crippen LogP contribution in [0.2, 0.25) is 0 Å². The van der Waals surface area contributed by atoms with Crippen LogP contribution in [0.5, 0.6) is 0 Å². The highest BCUT2D eigenvalue weighted by Crippen LogP contribution is 2.35. The molecule has 0 heterocycles. The van der Waals surface area contributed by atoms with Crippen LogP contribution in [-0.4, -0.2) is 0 Å². The van der Waals surface area contributed by atoms with Crippen molar-refractivity contribution in [1.29, 1.82) is 0 Å². The lowest BCUT2D eigenvalue weighted by molar-refractivity contribution is 0.840. The molecule has 2 aliphatic rings. The van der Waals surface area contributed by atoms with Crippen LogP contribution in [0.4, 0.5) is 0 Å². The third kappa shape index (κ3) is 3.97. The van der Waals surface area contributed by atoms with Crippen LogP contribution >= 0.6 is 0 Å². The average Bonchev–Trinajstić information content (AvgIpc) is 3.16. The van der Waals surface area contributed by atoms with Crippen LogP contribution in [-0.2, 0) is 19.3 Å². The van der Waals surface area contributed by atoms with Crippen LogP contribution in [0, 0.1) is 6.92 Å². The van der Waals surface area contributed by atoms with E-state index in [0.717, 1.165) is 38.5 Å². The van der Waals surface area contributed by atoms with Gasteiger partial charge in [0.05, 0.1) is 0 Å². The lowest BCUT2D eigenvalue weighted by Crippen LogP contribution is -2.05. The molecule has 0 N–H and O–H groups in total. The predicted molar refractivity (Wildman–Crippen MR) is 122 cm³/mol. The number of aryl methyl sites for hydroxylation is 3. The summed E-state index contributed by atoms with van der Waals surface area (Å²) in [6, 6.07) is 13.9. The SMILES string of the molecule is C=C(C)CCc1ccc(C2=CC(c3ccc4c(c3)CCC(=C)C4)=CC2)cc1C. The maximum Gasteiger partial charge on any atom is -0.00670 e. The van der Waals surface area contributed by atoms with E-state index in [4.69, 9.17) is 0 Å². The van der Waals surface area contributed by atoms with Crippen LogP contribution in [0.1, 0.15) is 59.6 Å². The predicted octanol–water partition coefficient (Wildman–Crippen LogP) is 7.42. The minimum Gasteiger partial charge on any atom is -0.100 e. The second kappa shape index (κ2) is 7.80. The third-order valence-corrected chi connectivity index (χ3v) is 6.13. The van der Waals surface area contributed by atoms with Crippen molar-refractivity contribution >= 4 is 11.1 Å². The highest BCUT2D eigenvalue weighted by Gasteiger charge is 2.15. The van der Waals surface area contributed by atoms with Gasteiger partial charge in [0.25, 0.3) is 0 Å². The average molecular weight is 367 g/mol. The molecule has 0 aliphatic heterocycles. The van der Waals surface area contributed by atoms with Gasteiger partial charge in [-0.3, -0.25) is 0 Å². The number of hydrogen-bond donors (Lipinski definition) is 0. The van der Waals surface area contributed by atoms with E-state index in [2.05, 4.69) is 75.6 Å². The van der Waals surface area contributed by atoms with Crippen molar-refractivity contribution in [3.8, 4) is 0 Å². The largest absolute Gasteiger partial charge is 0.100 e. The molecule has 0 bridgehead atoms. The zero-order valence-corrected chi connectivity index (χ0v) is 17.3. The van der Waals surface area contributed by atoms with E-state index in [1.165, 1.54) is 55.7 Å². The summed E-state index contributed by atoms with van der Waals surface area (Å²) in [7, 11) is 0. The molecule has 2 aromatic rings. The summed E-state index contributed by atoms with van der Waals surface area (Å²) in [6.45, 7) is 12.5. The fourth-order valence-corrected chi connectivity index (χ4v) is 4.33. The molecule has 142 valence electrons. The number of benzene rings is 2. The summed E-state index contributed by atoms with van der Waals surface area (Å²) in [6.07, 6.45) is 11.3. The second-order valence-corrected chi connectivity index (χ2v) is 8.54. The molecular formula is C28H30. The zero-order chi connectivity index (χ0) is 19.7. The monoisotopic (exact) mass is 366 g/mol. The minimum absolute atomic E-state index is 1.02. The van der Waals surface area contributed by atoms with E-state index >= 15 is 0 Å². The van der Waals surface area contributed by atoms with E-state index in [9.17, 15) is 0 Å². The van der Waals surface area contributed by atoms with Gasteiger partial charge >= 0.3 is 0 Å². The first-order valence-corrected chi connectivity index (χ1v) is 10.4. The smallest absolute Gasteiger partial charge is 0.00670 e. The molecule has 0 nitrogen and oxygen atoms in total. The third-order valence-electron chi connectivity index (χ3n) is 6.13. The van der Waals surface area contributed by atoms with Crippen LogP contribution in [0.25, 0.3) is 11.1 Å². The molecule has 0 saturated carbocycles. The molecule has 0 saturated heterocycles. The molecule has 0 aromatic heterocycles. The Balaban J connectivity index is 1.53. The summed E-state index contributed by atoms with van der Waals surface area (Å²) in [5, 5.41) is 0. The Bertz CT molecular complexity index is 1010. The van der Waals surface area contributed by atoms with E-state index in [1.807, 2.05) is 0 Å². The van der Waals surface area contributed by atoms with E-state index in [1.54, 1.807) is 0 Å². The molecule has 0 radical (unpaired) electrons. The van der Waals surface area contributed by atoms with Gasteiger partial charge in [-0.05, 0) is 96.9 Å². The zero-order valence-electron chi connectivity index (χ0n) is 17.3. The molecular weight excluding hydrogens is 336 g/mol. The highest BCUT2D eigenvalue weighted by atomic mass is 14.2. The van der Waals surface area contributed by atoms with Gasteiger partial charge in [0.15, 0.2) is 0 Å². The van der Waals surface area contributed by atoms with Gasteiger partial charge in [0.1, 0.15) is 0 Å². The Kier molecular flexibility index (Phi) is 5.22. The number of rotatable bonds is 5. The van der Waals surface area contributed by atoms with Crippen molar-refractivity contribution in [3.63, 3.8) is 0 Å². The fraction of sp³-hybridized carbons (Fsp3) is 0.286. The van der Waals surface area contributed by atoms with Gasteiger partial charge in [0.2, 0.25) is 0 Å². The lowest BCUT2D eigenvalue weighted by atomic mass is 9.87. The summed E-state index contributed by atoms with van der Waals surface area (Å²) in [5.41, 5.74) is 13.9. The van der Waals surface area contributed by atoms with E-state index in [0.29, 0.717) is 0 Å². The molecule has 28 heavy (non-hydrogen) atoms. The van der Waals surface area contributed by atoms with Gasteiger partial charge in [-0.25, -0.2) is 0 Å². The van der Waals surface area contributed by atoms with Gasteiger partial charge in [0, 0.05) is 0 Å². The lowest BCUT2D eigenvalue weighted by Gasteiger charge is -2.18. The van der Waals surface area contributed by atoms with Crippen molar-refractivity contribution in [2.45, 2.75) is 52.4 Å². The normalized spacial score (nSPS) is 15.9. The Morgan fingerprint density at radius 1 is 1.00 bits per heavy atom. The standard InChI is InChI=1S/C28H30/c1-19(2)5-7-22-9-10-24(16-21(22)4)26-13-14-28(18-26)27-12-11-23-15-20(3)6-8-25(23)17-27/h9-12,14,16-18H,1,3,5-8,13,15H2,2,4H3. The van der Waals surface area contributed by atoms with Gasteiger partial charge in [-0.1, -0.05) is 66.3 Å². The molecule has 2 aliphatic carbocycles. The van der Waals surface area contributed by atoms with Gasteiger partial charge in [-0.15, -0.1) is 6.58 Å². The summed E-state index contributed by atoms with van der Waals surface area (Å²) < 4.78 is 0. The van der Waals surface area contributed by atoms with Crippen molar-refractivity contribution in [2.24, 2.45) is 0 Å². The topological polar surface area (TPSA) is 0 Å². The first-order chi connectivity index (χ1) is 13.5. The van der Waals surface area contributed by atoms with Crippen molar-refractivity contribution in [3.05, 3.63) is 106 Å². The Morgan fingerprint density at radius 3 is 2.61 bits per heavy atom. The first-order valence-electron chi connectivity index (χ1n) is 10.4. The Hall–Kier alpha value is -2.60. The summed E-state index contributed by atoms with van der Waals surface area (Å²) >= 11 is 0. The number of fused-ring (bicyclic) bond motifs is 1. The molecule has 0 atom stereocenters. The molecule has 2 aromatic carbocycles. The van der Waals surface area contributed by atoms with Crippen molar-refractivity contribution in [1.82, 2.24) is 0 Å². The quantitative estimate of drug-likeness (QED) is 0.483. The van der Waals surface area contributed by atoms with Gasteiger partial charge < -0.3 is 0 Å². The van der Waals surface area contributed by atoms with E-state index in [-0.39, 0.29) is 0 Å². The van der Waals surface area contributed by atoms with Crippen LogP contribution in [0.3, 0.4) is 0 Å². The Labute approximate surface area is 170 Å². The van der Waals surface area contributed by atoms with Crippen LogP contribution < -0.4 is 0 Å². The maximum absolute atomic E-state index is 4.16. The maximum atomic E-state index is 4.16. The minimum atomic E-state index is 1.02. The molecule has 0 amide bonds. The molecule has 0 fully saturated rings. The van der Waals surface area contributed by atoms with Crippen LogP contribution in [0.15, 0.2) is 72.9 Å². The molecule has 0 spiro atoms. The fourth-order valence-electron chi connectivity index (χ4n) is 4.33. The molecule has 0 heteroatoms. The number of allylic oxidation sites excluding steroid dienone is 6. The second-order valence-electron chi connectivity index (χ2n) is 8.54. The molecule has 4 rings (SSSR count). The Morgan fingerprint density at radius 2 is 1.82 bits per heavy atom. The summed E-state index contributed by atoms with van der Waals surface area (Å²) in [4.78, 5) is 0. The number of hydrogen-bond acceptors (Lipinski definition) is 0. The van der Waals surface area contributed by atoms with Crippen molar-refractivity contribution in [2.75, 3.05) is 0 Å². The van der Waals surface area contributed by atoms with Crippen molar-refractivity contribution < 1.29 is 0 Å².